The van der Waals surface area contributed by atoms with Gasteiger partial charge in [-0.2, -0.15) is 0 Å². The van der Waals surface area contributed by atoms with Crippen molar-refractivity contribution in [3.05, 3.63) is 23.8 Å². The van der Waals surface area contributed by atoms with Crippen LogP contribution in [0.4, 0.5) is 0 Å². The summed E-state index contributed by atoms with van der Waals surface area (Å²) in [6, 6.07) is 0. The van der Waals surface area contributed by atoms with Crippen LogP contribution in [-0.2, 0) is 42.9 Å². The summed E-state index contributed by atoms with van der Waals surface area (Å²) >= 11 is 0. The monoisotopic (exact) mass is 508 g/mol. The Balaban J connectivity index is 2.43. The fourth-order valence-electron chi connectivity index (χ4n) is 4.78. The largest absolute Gasteiger partial charge is 0.456 e. The van der Waals surface area contributed by atoms with Crippen LogP contribution in [0, 0.1) is 5.92 Å². The Morgan fingerprint density at radius 1 is 1.00 bits per heavy atom. The zero-order chi connectivity index (χ0) is 27.2. The van der Waals surface area contributed by atoms with Gasteiger partial charge in [-0.25, -0.2) is 0 Å². The maximum atomic E-state index is 12.4. The number of Topliss-reactive ketones (excluding diaryl/α,β-unsaturated/α-hetero) is 1. The topological polar surface area (TPSA) is 114 Å². The van der Waals surface area contributed by atoms with Gasteiger partial charge in [-0.15, -0.1) is 0 Å². The van der Waals surface area contributed by atoms with Crippen molar-refractivity contribution in [1.82, 2.24) is 0 Å². The quantitative estimate of drug-likeness (QED) is 0.187. The predicted octanol–water partition coefficient (Wildman–Crippen LogP) is 3.97. The number of ether oxygens (including phenoxy) is 5. The number of carbonyl (C=O) groups excluding carboxylic acids is 4. The molecule has 0 aromatic carbocycles. The van der Waals surface area contributed by atoms with Gasteiger partial charge in [0.15, 0.2) is 30.4 Å². The summed E-state index contributed by atoms with van der Waals surface area (Å²) in [7, 11) is 0. The molecule has 0 N–H and O–H groups in total. The van der Waals surface area contributed by atoms with E-state index in [2.05, 4.69) is 19.6 Å². The van der Waals surface area contributed by atoms with Gasteiger partial charge in [0.05, 0.1) is 11.7 Å². The number of allylic oxidation sites excluding steroid dienone is 3. The van der Waals surface area contributed by atoms with Crippen LogP contribution in [0.25, 0.3) is 0 Å². The van der Waals surface area contributed by atoms with E-state index in [0.29, 0.717) is 12.0 Å². The summed E-state index contributed by atoms with van der Waals surface area (Å²) in [5.41, 5.74) is 0.933. The van der Waals surface area contributed by atoms with E-state index in [0.717, 1.165) is 19.3 Å². The van der Waals surface area contributed by atoms with Crippen LogP contribution in [0.3, 0.4) is 0 Å². The number of rotatable bonds is 10. The van der Waals surface area contributed by atoms with Crippen LogP contribution in [0.1, 0.15) is 80.6 Å². The van der Waals surface area contributed by atoms with Crippen molar-refractivity contribution in [1.29, 1.82) is 0 Å². The van der Waals surface area contributed by atoms with Gasteiger partial charge in [0.1, 0.15) is 0 Å². The van der Waals surface area contributed by atoms with E-state index in [1.165, 1.54) is 26.3 Å². The summed E-state index contributed by atoms with van der Waals surface area (Å²) in [6.45, 7) is 14.8. The Labute approximate surface area is 213 Å². The molecular formula is C27H40O9. The van der Waals surface area contributed by atoms with Gasteiger partial charge in [-0.3, -0.25) is 19.2 Å². The molecule has 9 nitrogen and oxygen atoms in total. The maximum Gasteiger partial charge on any atom is 0.303 e. The fraction of sp³-hybridized carbons (Fsp3) is 0.704. The lowest BCUT2D eigenvalue weighted by Crippen LogP contribution is -2.62. The number of carbonyl (C=O) groups is 4. The second-order valence-electron chi connectivity index (χ2n) is 10.1. The molecule has 1 fully saturated rings. The third-order valence-electron chi connectivity index (χ3n) is 6.84. The highest BCUT2D eigenvalue weighted by Crippen LogP contribution is 2.41. The molecule has 7 atom stereocenters. The van der Waals surface area contributed by atoms with Crippen molar-refractivity contribution in [3.63, 3.8) is 0 Å². The predicted molar refractivity (Wildman–Crippen MR) is 131 cm³/mol. The summed E-state index contributed by atoms with van der Waals surface area (Å²) < 4.78 is 29.1. The lowest BCUT2D eigenvalue weighted by Gasteiger charge is -2.48. The van der Waals surface area contributed by atoms with E-state index < -0.39 is 54.2 Å². The first kappa shape index (κ1) is 29.7. The minimum Gasteiger partial charge on any atom is -0.456 e. The molecule has 2 aliphatic rings. The molecule has 9 heteroatoms. The maximum absolute atomic E-state index is 12.4. The van der Waals surface area contributed by atoms with Gasteiger partial charge in [-0.1, -0.05) is 18.2 Å². The molecule has 0 amide bonds. The van der Waals surface area contributed by atoms with Crippen LogP contribution < -0.4 is 0 Å². The smallest absolute Gasteiger partial charge is 0.303 e. The van der Waals surface area contributed by atoms with Gasteiger partial charge >= 0.3 is 17.9 Å². The molecule has 0 aromatic rings. The molecule has 0 radical (unpaired) electrons. The van der Waals surface area contributed by atoms with E-state index in [1.54, 1.807) is 13.8 Å². The summed E-state index contributed by atoms with van der Waals surface area (Å²) in [4.78, 5) is 48.2. The minimum absolute atomic E-state index is 0.0606. The Morgan fingerprint density at radius 3 is 2.06 bits per heavy atom. The Hall–Kier alpha value is -2.52. The lowest BCUT2D eigenvalue weighted by molar-refractivity contribution is -0.329. The van der Waals surface area contributed by atoms with Crippen molar-refractivity contribution in [2.45, 2.75) is 117 Å². The fourth-order valence-corrected chi connectivity index (χ4v) is 4.78. The van der Waals surface area contributed by atoms with E-state index in [1.807, 2.05) is 6.92 Å². The molecule has 0 unspecified atom stereocenters. The third kappa shape index (κ3) is 8.00. The highest BCUT2D eigenvalue weighted by atomic mass is 16.7. The van der Waals surface area contributed by atoms with Crippen molar-refractivity contribution in [2.75, 3.05) is 0 Å². The van der Waals surface area contributed by atoms with Gasteiger partial charge < -0.3 is 23.7 Å². The molecule has 0 aromatic heterocycles. The molecule has 1 heterocycles. The van der Waals surface area contributed by atoms with Crippen LogP contribution in [0.2, 0.25) is 0 Å². The van der Waals surface area contributed by atoms with Crippen LogP contribution >= 0.6 is 0 Å². The van der Waals surface area contributed by atoms with Crippen molar-refractivity contribution < 1.29 is 42.9 Å². The number of hydrogen-bond donors (Lipinski definition) is 0. The third-order valence-corrected chi connectivity index (χ3v) is 6.84. The molecule has 1 aliphatic heterocycles. The summed E-state index contributed by atoms with van der Waals surface area (Å²) in [6.07, 6.45) is 0.104. The van der Waals surface area contributed by atoms with E-state index in [-0.39, 0.29) is 18.1 Å². The van der Waals surface area contributed by atoms with Crippen LogP contribution in [0.15, 0.2) is 23.8 Å². The van der Waals surface area contributed by atoms with E-state index in [9.17, 15) is 19.2 Å². The summed E-state index contributed by atoms with van der Waals surface area (Å²) in [5.74, 6) is -1.87. The first-order chi connectivity index (χ1) is 16.7. The highest BCUT2D eigenvalue weighted by molar-refractivity contribution is 5.94. The molecule has 1 saturated heterocycles. The van der Waals surface area contributed by atoms with Crippen LogP contribution in [-0.4, -0.2) is 60.0 Å². The SMILES string of the molecule is C=C(C)C(=O)CC[C@](C)(O[C@@H]1O[C@H](C)[C@H](OC(C)=O)[C@H](OC(C)=O)[C@H]1OC(C)=O)[C@@H]1CC=C(C)CC1. The van der Waals surface area contributed by atoms with Crippen molar-refractivity contribution in [3.8, 4) is 0 Å². The average Bonchev–Trinajstić information content (AvgIpc) is 2.76. The molecular weight excluding hydrogens is 468 g/mol. The second-order valence-corrected chi connectivity index (χ2v) is 10.1. The highest BCUT2D eigenvalue weighted by Gasteiger charge is 2.53. The normalized spacial score (nSPS) is 29.8. The van der Waals surface area contributed by atoms with Crippen molar-refractivity contribution >= 4 is 23.7 Å². The molecule has 1 aliphatic carbocycles. The number of ketones is 1. The Morgan fingerprint density at radius 2 is 1.56 bits per heavy atom. The summed E-state index contributed by atoms with van der Waals surface area (Å²) in [5, 5.41) is 0. The van der Waals surface area contributed by atoms with Crippen LogP contribution in [0.5, 0.6) is 0 Å². The molecule has 202 valence electrons. The molecule has 0 bridgehead atoms. The second kappa shape index (κ2) is 12.6. The number of esters is 3. The first-order valence-electron chi connectivity index (χ1n) is 12.4. The van der Waals surface area contributed by atoms with E-state index in [4.69, 9.17) is 23.7 Å². The molecule has 36 heavy (non-hydrogen) atoms. The van der Waals surface area contributed by atoms with Gasteiger partial charge in [0, 0.05) is 27.2 Å². The van der Waals surface area contributed by atoms with Gasteiger partial charge in [0.2, 0.25) is 0 Å². The first-order valence-corrected chi connectivity index (χ1v) is 12.4. The lowest BCUT2D eigenvalue weighted by atomic mass is 9.75. The van der Waals surface area contributed by atoms with E-state index >= 15 is 0 Å². The Bertz CT molecular complexity index is 892. The molecule has 2 rings (SSSR count). The Kier molecular flexibility index (Phi) is 10.4. The zero-order valence-electron chi connectivity index (χ0n) is 22.5. The van der Waals surface area contributed by atoms with Gasteiger partial charge in [0.25, 0.3) is 0 Å². The molecule has 0 saturated carbocycles. The molecule has 0 spiro atoms. The van der Waals surface area contributed by atoms with Crippen molar-refractivity contribution in [2.24, 2.45) is 5.92 Å². The zero-order valence-corrected chi connectivity index (χ0v) is 22.5. The average molecular weight is 509 g/mol. The minimum atomic E-state index is -1.19. The van der Waals surface area contributed by atoms with Gasteiger partial charge in [-0.05, 0) is 64.9 Å². The number of hydrogen-bond acceptors (Lipinski definition) is 9. The standard InChI is InChI=1S/C27H40O9/c1-15(2)22(31)13-14-27(8,21-11-9-16(3)10-12-21)36-26-25(35-20(7)30)24(34-19(6)29)23(17(4)32-26)33-18(5)28/h9,17,21,23-26H,1,10-14H2,2-8H3/t17-,21-,23+,24+,25-,26+,27+/m1/s1.